The Labute approximate surface area is 150 Å². The molecule has 0 saturated carbocycles. The molecule has 0 aliphatic carbocycles. The van der Waals surface area contributed by atoms with Gasteiger partial charge < -0.3 is 0 Å². The number of rotatable bonds is 2. The molecular formula is C24H16O2. The van der Waals surface area contributed by atoms with E-state index in [2.05, 4.69) is 36.4 Å². The van der Waals surface area contributed by atoms with Crippen molar-refractivity contribution in [2.75, 3.05) is 0 Å². The predicted molar refractivity (Wildman–Crippen MR) is 108 cm³/mol. The molecule has 5 aromatic carbocycles. The predicted octanol–water partition coefficient (Wildman–Crippen LogP) is 6.14. The van der Waals surface area contributed by atoms with E-state index in [0.29, 0.717) is 11.1 Å². The largest absolute Gasteiger partial charge is 0.294 e. The van der Waals surface area contributed by atoms with Gasteiger partial charge in [0.05, 0.1) is 0 Å². The lowest BCUT2D eigenvalue weighted by molar-refractivity contribution is 0.101. The minimum atomic E-state index is -0.0201. The van der Waals surface area contributed by atoms with Crippen LogP contribution >= 0.6 is 0 Å². The Morgan fingerprint density at radius 3 is 1.46 bits per heavy atom. The highest BCUT2D eigenvalue weighted by Gasteiger charge is 2.19. The third-order valence-corrected chi connectivity index (χ3v) is 5.40. The molecule has 2 nitrogen and oxygen atoms in total. The number of hydrogen-bond acceptors (Lipinski definition) is 2. The molecule has 5 rings (SSSR count). The summed E-state index contributed by atoms with van der Waals surface area (Å²) in [4.78, 5) is 24.6. The van der Waals surface area contributed by atoms with Crippen LogP contribution in [0.5, 0.6) is 0 Å². The van der Waals surface area contributed by atoms with Gasteiger partial charge in [-0.05, 0) is 51.6 Å². The second-order valence-electron chi connectivity index (χ2n) is 6.89. The maximum absolute atomic E-state index is 12.3. The zero-order chi connectivity index (χ0) is 18.0. The minimum absolute atomic E-state index is 0.0201. The fraction of sp³-hybridized carbons (Fsp3) is 0.0833. The van der Waals surface area contributed by atoms with E-state index >= 15 is 0 Å². The van der Waals surface area contributed by atoms with Gasteiger partial charge in [-0.3, -0.25) is 9.59 Å². The van der Waals surface area contributed by atoms with Crippen molar-refractivity contribution in [1.82, 2.24) is 0 Å². The minimum Gasteiger partial charge on any atom is -0.294 e. The topological polar surface area (TPSA) is 34.1 Å². The molecular weight excluding hydrogens is 320 g/mol. The van der Waals surface area contributed by atoms with Gasteiger partial charge in [-0.2, -0.15) is 0 Å². The summed E-state index contributed by atoms with van der Waals surface area (Å²) >= 11 is 0. The van der Waals surface area contributed by atoms with Gasteiger partial charge in [-0.1, -0.05) is 60.7 Å². The van der Waals surface area contributed by atoms with E-state index in [0.717, 1.165) is 32.3 Å². The Morgan fingerprint density at radius 1 is 0.538 bits per heavy atom. The first-order valence-corrected chi connectivity index (χ1v) is 8.72. The average molecular weight is 336 g/mol. The summed E-state index contributed by atoms with van der Waals surface area (Å²) in [5, 5.41) is 8.72. The van der Waals surface area contributed by atoms with Crippen LogP contribution in [0.2, 0.25) is 0 Å². The lowest BCUT2D eigenvalue weighted by Crippen LogP contribution is -2.02. The third kappa shape index (κ3) is 1.81. The molecule has 0 saturated heterocycles. The Balaban J connectivity index is 2.20. The summed E-state index contributed by atoms with van der Waals surface area (Å²) in [7, 11) is 0. The van der Waals surface area contributed by atoms with Crippen LogP contribution in [0.1, 0.15) is 34.6 Å². The number of benzene rings is 5. The molecule has 0 aliphatic rings. The molecule has 0 aromatic heterocycles. The molecule has 0 aliphatic heterocycles. The SMILES string of the molecule is CC(=O)c1ccc2c3cccc4cccc(c5ccc(C(C)=O)c1c25)c43. The zero-order valence-electron chi connectivity index (χ0n) is 14.6. The van der Waals surface area contributed by atoms with Crippen LogP contribution in [-0.4, -0.2) is 11.6 Å². The van der Waals surface area contributed by atoms with Gasteiger partial charge in [-0.15, -0.1) is 0 Å². The molecule has 5 aromatic rings. The van der Waals surface area contributed by atoms with Crippen LogP contribution in [0.15, 0.2) is 60.7 Å². The molecule has 0 unspecified atom stereocenters. The van der Waals surface area contributed by atoms with Crippen LogP contribution in [0.4, 0.5) is 0 Å². The van der Waals surface area contributed by atoms with Crippen molar-refractivity contribution in [3.63, 3.8) is 0 Å². The summed E-state index contributed by atoms with van der Waals surface area (Å²) in [5.74, 6) is -0.0402. The summed E-state index contributed by atoms with van der Waals surface area (Å²) in [6, 6.07) is 20.4. The lowest BCUT2D eigenvalue weighted by atomic mass is 9.85. The van der Waals surface area contributed by atoms with E-state index in [9.17, 15) is 9.59 Å². The molecule has 124 valence electrons. The van der Waals surface area contributed by atoms with E-state index in [-0.39, 0.29) is 11.6 Å². The molecule has 0 radical (unpaired) electrons. The first-order valence-electron chi connectivity index (χ1n) is 8.72. The first kappa shape index (κ1) is 15.0. The van der Waals surface area contributed by atoms with Gasteiger partial charge in [0.2, 0.25) is 0 Å². The molecule has 0 spiro atoms. The second kappa shape index (κ2) is 5.12. The highest BCUT2D eigenvalue weighted by Crippen LogP contribution is 2.42. The maximum atomic E-state index is 12.3. The van der Waals surface area contributed by atoms with Crippen molar-refractivity contribution in [2.45, 2.75) is 13.8 Å². The van der Waals surface area contributed by atoms with E-state index in [1.807, 2.05) is 24.3 Å². The number of hydrogen-bond donors (Lipinski definition) is 0. The molecule has 0 amide bonds. The Bertz CT molecular complexity index is 1280. The fourth-order valence-electron chi connectivity index (χ4n) is 4.32. The summed E-state index contributed by atoms with van der Waals surface area (Å²) in [6.45, 7) is 3.12. The Hall–Kier alpha value is -3.26. The van der Waals surface area contributed by atoms with Gasteiger partial charge in [0, 0.05) is 16.5 Å². The van der Waals surface area contributed by atoms with Gasteiger partial charge in [0.25, 0.3) is 0 Å². The molecule has 2 heteroatoms. The van der Waals surface area contributed by atoms with Gasteiger partial charge in [0.15, 0.2) is 11.6 Å². The second-order valence-corrected chi connectivity index (χ2v) is 6.89. The van der Waals surface area contributed by atoms with Crippen molar-refractivity contribution in [2.24, 2.45) is 0 Å². The summed E-state index contributed by atoms with van der Waals surface area (Å²) in [6.07, 6.45) is 0. The van der Waals surface area contributed by atoms with E-state index in [1.165, 1.54) is 10.8 Å². The van der Waals surface area contributed by atoms with Crippen molar-refractivity contribution >= 4 is 54.7 Å². The average Bonchev–Trinajstić information content (AvgIpc) is 2.64. The molecule has 0 atom stereocenters. The maximum Gasteiger partial charge on any atom is 0.160 e. The highest BCUT2D eigenvalue weighted by molar-refractivity contribution is 6.36. The zero-order valence-corrected chi connectivity index (χ0v) is 14.6. The lowest BCUT2D eigenvalue weighted by Gasteiger charge is -2.17. The van der Waals surface area contributed by atoms with Crippen molar-refractivity contribution in [3.05, 3.63) is 71.8 Å². The third-order valence-electron chi connectivity index (χ3n) is 5.40. The van der Waals surface area contributed by atoms with Crippen LogP contribution in [0.3, 0.4) is 0 Å². The van der Waals surface area contributed by atoms with E-state index in [4.69, 9.17) is 0 Å². The van der Waals surface area contributed by atoms with Crippen molar-refractivity contribution < 1.29 is 9.59 Å². The highest BCUT2D eigenvalue weighted by atomic mass is 16.1. The number of Topliss-reactive ketones (excluding diaryl/α,β-unsaturated/α-hetero) is 2. The van der Waals surface area contributed by atoms with Gasteiger partial charge in [0.1, 0.15) is 0 Å². The molecule has 0 fully saturated rings. The van der Waals surface area contributed by atoms with E-state index in [1.54, 1.807) is 13.8 Å². The normalized spacial score (nSPS) is 11.8. The van der Waals surface area contributed by atoms with Crippen LogP contribution in [0, 0.1) is 0 Å². The smallest absolute Gasteiger partial charge is 0.160 e. The monoisotopic (exact) mass is 336 g/mol. The van der Waals surface area contributed by atoms with Crippen molar-refractivity contribution in [3.8, 4) is 0 Å². The first-order chi connectivity index (χ1) is 12.6. The number of ketones is 2. The molecule has 0 bridgehead atoms. The number of fused-ring (bicyclic) bond motifs is 2. The quantitative estimate of drug-likeness (QED) is 0.220. The molecule has 0 N–H and O–H groups in total. The fourth-order valence-corrected chi connectivity index (χ4v) is 4.32. The molecule has 0 heterocycles. The van der Waals surface area contributed by atoms with Crippen LogP contribution in [0.25, 0.3) is 43.1 Å². The molecule has 26 heavy (non-hydrogen) atoms. The number of carbonyl (C=O) groups is 2. The van der Waals surface area contributed by atoms with Crippen molar-refractivity contribution in [1.29, 1.82) is 0 Å². The standard InChI is InChI=1S/C24H16O2/c1-13(25)16-9-11-20-18-7-3-5-15-6-4-8-19(22(15)18)21-12-10-17(14(2)26)23(16)24(20)21/h3-12H,1-2H3. The Morgan fingerprint density at radius 2 is 1.00 bits per heavy atom. The van der Waals surface area contributed by atoms with Gasteiger partial charge >= 0.3 is 0 Å². The van der Waals surface area contributed by atoms with Crippen LogP contribution in [-0.2, 0) is 0 Å². The summed E-state index contributed by atoms with van der Waals surface area (Å²) in [5.41, 5.74) is 1.23. The van der Waals surface area contributed by atoms with E-state index < -0.39 is 0 Å². The summed E-state index contributed by atoms with van der Waals surface area (Å²) < 4.78 is 0. The number of carbonyl (C=O) groups excluding carboxylic acids is 2. The van der Waals surface area contributed by atoms with Gasteiger partial charge in [-0.25, -0.2) is 0 Å². The Kier molecular flexibility index (Phi) is 2.96. The van der Waals surface area contributed by atoms with Crippen LogP contribution < -0.4 is 0 Å².